The topological polar surface area (TPSA) is 66.4 Å². The first-order valence-electron chi connectivity index (χ1n) is 7.19. The van der Waals surface area contributed by atoms with Crippen molar-refractivity contribution in [3.8, 4) is 0 Å². The van der Waals surface area contributed by atoms with Crippen molar-refractivity contribution >= 4 is 39.5 Å². The van der Waals surface area contributed by atoms with Crippen molar-refractivity contribution in [3.63, 3.8) is 0 Å². The fourth-order valence-electron chi connectivity index (χ4n) is 2.69. The standard InChI is InChI=1S/C19H15NO3/c1-12(21)20-18(19(22)23)11-17-15-8-4-2-6-13(15)10-14-7-3-5-9-16(14)17/h2-11H,1H3,(H,20,21)(H,22,23). The molecule has 2 N–H and O–H groups in total. The molecular formula is C19H15NO3. The molecule has 0 unspecified atom stereocenters. The maximum Gasteiger partial charge on any atom is 0.352 e. The minimum atomic E-state index is -1.17. The van der Waals surface area contributed by atoms with Crippen LogP contribution in [0.1, 0.15) is 12.5 Å². The van der Waals surface area contributed by atoms with Crippen molar-refractivity contribution in [3.05, 3.63) is 65.9 Å². The van der Waals surface area contributed by atoms with Gasteiger partial charge in [0.25, 0.3) is 0 Å². The summed E-state index contributed by atoms with van der Waals surface area (Å²) >= 11 is 0. The van der Waals surface area contributed by atoms with E-state index in [1.165, 1.54) is 13.0 Å². The lowest BCUT2D eigenvalue weighted by atomic mass is 9.96. The van der Waals surface area contributed by atoms with Crippen LogP contribution in [0.2, 0.25) is 0 Å². The van der Waals surface area contributed by atoms with Gasteiger partial charge in [-0.15, -0.1) is 0 Å². The number of carboxylic acid groups (broad SMARTS) is 1. The number of benzene rings is 3. The first kappa shape index (κ1) is 14.8. The molecule has 0 heterocycles. The molecule has 3 aromatic carbocycles. The molecule has 0 aliphatic rings. The van der Waals surface area contributed by atoms with Crippen LogP contribution in [0.25, 0.3) is 27.6 Å². The van der Waals surface area contributed by atoms with Crippen LogP contribution in [0.3, 0.4) is 0 Å². The Morgan fingerprint density at radius 1 is 0.957 bits per heavy atom. The number of fused-ring (bicyclic) bond motifs is 2. The Kier molecular flexibility index (Phi) is 3.81. The van der Waals surface area contributed by atoms with E-state index in [0.29, 0.717) is 0 Å². The molecule has 0 atom stereocenters. The monoisotopic (exact) mass is 305 g/mol. The van der Waals surface area contributed by atoms with E-state index in [-0.39, 0.29) is 5.70 Å². The molecule has 0 aliphatic heterocycles. The van der Waals surface area contributed by atoms with Gasteiger partial charge in [-0.1, -0.05) is 48.5 Å². The maximum absolute atomic E-state index is 11.4. The smallest absolute Gasteiger partial charge is 0.352 e. The van der Waals surface area contributed by atoms with E-state index in [4.69, 9.17) is 0 Å². The van der Waals surface area contributed by atoms with E-state index < -0.39 is 11.9 Å². The van der Waals surface area contributed by atoms with E-state index in [1.54, 1.807) is 0 Å². The second-order valence-electron chi connectivity index (χ2n) is 5.28. The lowest BCUT2D eigenvalue weighted by molar-refractivity contribution is -0.134. The van der Waals surface area contributed by atoms with Crippen LogP contribution in [0, 0.1) is 0 Å². The lowest BCUT2D eigenvalue weighted by Gasteiger charge is -2.10. The van der Waals surface area contributed by atoms with Gasteiger partial charge >= 0.3 is 5.97 Å². The van der Waals surface area contributed by atoms with Gasteiger partial charge in [0.2, 0.25) is 5.91 Å². The molecule has 3 rings (SSSR count). The van der Waals surface area contributed by atoms with Gasteiger partial charge in [0.15, 0.2) is 0 Å². The molecule has 114 valence electrons. The minimum Gasteiger partial charge on any atom is -0.477 e. The SMILES string of the molecule is CC(=O)NC(=Cc1c2ccccc2cc2ccccc12)C(=O)O. The second kappa shape index (κ2) is 5.93. The summed E-state index contributed by atoms with van der Waals surface area (Å²) < 4.78 is 0. The average Bonchev–Trinajstić information content (AvgIpc) is 2.53. The Bertz CT molecular complexity index is 903. The summed E-state index contributed by atoms with van der Waals surface area (Å²) in [6.45, 7) is 1.29. The highest BCUT2D eigenvalue weighted by Gasteiger charge is 2.12. The summed E-state index contributed by atoms with van der Waals surface area (Å²) in [4.78, 5) is 22.7. The highest BCUT2D eigenvalue weighted by molar-refractivity contribution is 6.09. The molecule has 23 heavy (non-hydrogen) atoms. The average molecular weight is 305 g/mol. The van der Waals surface area contributed by atoms with E-state index in [0.717, 1.165) is 27.1 Å². The first-order valence-corrected chi connectivity index (χ1v) is 7.19. The highest BCUT2D eigenvalue weighted by Crippen LogP contribution is 2.30. The van der Waals surface area contributed by atoms with Crippen molar-refractivity contribution in [2.24, 2.45) is 0 Å². The van der Waals surface area contributed by atoms with Crippen LogP contribution in [0.15, 0.2) is 60.3 Å². The van der Waals surface area contributed by atoms with Gasteiger partial charge in [0, 0.05) is 6.92 Å². The van der Waals surface area contributed by atoms with Crippen LogP contribution in [-0.2, 0) is 9.59 Å². The summed E-state index contributed by atoms with van der Waals surface area (Å²) in [6.07, 6.45) is 1.52. The van der Waals surface area contributed by atoms with Crippen LogP contribution >= 0.6 is 0 Å². The second-order valence-corrected chi connectivity index (χ2v) is 5.28. The third kappa shape index (κ3) is 2.92. The van der Waals surface area contributed by atoms with Crippen molar-refractivity contribution in [1.82, 2.24) is 5.32 Å². The number of nitrogens with one attached hydrogen (secondary N) is 1. The van der Waals surface area contributed by atoms with Gasteiger partial charge in [-0.3, -0.25) is 4.79 Å². The van der Waals surface area contributed by atoms with Gasteiger partial charge in [-0.05, 0) is 39.3 Å². The zero-order valence-electron chi connectivity index (χ0n) is 12.5. The maximum atomic E-state index is 11.4. The number of hydrogen-bond donors (Lipinski definition) is 2. The summed E-state index contributed by atoms with van der Waals surface area (Å²) in [5.74, 6) is -1.58. The highest BCUT2D eigenvalue weighted by atomic mass is 16.4. The Hall–Kier alpha value is -3.14. The zero-order chi connectivity index (χ0) is 16.4. The largest absolute Gasteiger partial charge is 0.477 e. The fourth-order valence-corrected chi connectivity index (χ4v) is 2.69. The molecule has 0 spiro atoms. The van der Waals surface area contributed by atoms with Crippen molar-refractivity contribution < 1.29 is 14.7 Å². The van der Waals surface area contributed by atoms with Crippen LogP contribution in [-0.4, -0.2) is 17.0 Å². The predicted molar refractivity (Wildman–Crippen MR) is 90.9 cm³/mol. The number of carbonyl (C=O) groups is 2. The number of rotatable bonds is 3. The first-order chi connectivity index (χ1) is 11.1. The fraction of sp³-hybridized carbons (Fsp3) is 0.0526. The Balaban J connectivity index is 2.36. The number of aliphatic carboxylic acids is 1. The molecule has 4 nitrogen and oxygen atoms in total. The Morgan fingerprint density at radius 3 is 1.96 bits per heavy atom. The quantitative estimate of drug-likeness (QED) is 0.574. The molecule has 0 radical (unpaired) electrons. The zero-order valence-corrected chi connectivity index (χ0v) is 12.5. The van der Waals surface area contributed by atoms with E-state index >= 15 is 0 Å². The molecule has 0 fully saturated rings. The van der Waals surface area contributed by atoms with Gasteiger partial charge in [-0.2, -0.15) is 0 Å². The van der Waals surface area contributed by atoms with Crippen molar-refractivity contribution in [2.45, 2.75) is 6.92 Å². The summed E-state index contributed by atoms with van der Waals surface area (Å²) in [5, 5.41) is 15.6. The minimum absolute atomic E-state index is 0.140. The van der Waals surface area contributed by atoms with E-state index in [1.807, 2.05) is 48.5 Å². The van der Waals surface area contributed by atoms with Gasteiger partial charge in [0.1, 0.15) is 5.70 Å². The van der Waals surface area contributed by atoms with Crippen molar-refractivity contribution in [1.29, 1.82) is 0 Å². The van der Waals surface area contributed by atoms with Crippen LogP contribution < -0.4 is 5.32 Å². The van der Waals surface area contributed by atoms with Gasteiger partial charge in [-0.25, -0.2) is 4.79 Å². The van der Waals surface area contributed by atoms with Crippen molar-refractivity contribution in [2.75, 3.05) is 0 Å². The Morgan fingerprint density at radius 2 is 1.48 bits per heavy atom. The summed E-state index contributed by atoms with van der Waals surface area (Å²) in [7, 11) is 0. The van der Waals surface area contributed by atoms with Crippen LogP contribution in [0.4, 0.5) is 0 Å². The third-order valence-corrected chi connectivity index (χ3v) is 3.64. The van der Waals surface area contributed by atoms with E-state index in [2.05, 4.69) is 11.4 Å². The molecule has 0 aliphatic carbocycles. The number of carbonyl (C=O) groups excluding carboxylic acids is 1. The summed E-state index contributed by atoms with van der Waals surface area (Å²) in [6, 6.07) is 17.6. The molecule has 0 bridgehead atoms. The molecular weight excluding hydrogens is 290 g/mol. The normalized spacial score (nSPS) is 11.6. The van der Waals surface area contributed by atoms with E-state index in [9.17, 15) is 14.7 Å². The third-order valence-electron chi connectivity index (χ3n) is 3.64. The molecule has 3 aromatic rings. The molecule has 0 aromatic heterocycles. The van der Waals surface area contributed by atoms with Gasteiger partial charge < -0.3 is 10.4 Å². The Labute approximate surface area is 133 Å². The molecule has 4 heteroatoms. The van der Waals surface area contributed by atoms with Gasteiger partial charge in [0.05, 0.1) is 0 Å². The molecule has 1 amide bonds. The number of carboxylic acids is 1. The number of amides is 1. The summed E-state index contributed by atoms with van der Waals surface area (Å²) in [5.41, 5.74) is 0.642. The molecule has 0 saturated carbocycles. The number of hydrogen-bond acceptors (Lipinski definition) is 2. The van der Waals surface area contributed by atoms with Crippen LogP contribution in [0.5, 0.6) is 0 Å². The lowest BCUT2D eigenvalue weighted by Crippen LogP contribution is -2.24. The predicted octanol–water partition coefficient (Wildman–Crippen LogP) is 3.55. The molecule has 0 saturated heterocycles.